The SMILES string of the molecule is COC(=O)/C=C/c1cccc2c1CCC(=O)C2. The summed E-state index contributed by atoms with van der Waals surface area (Å²) < 4.78 is 4.55. The van der Waals surface area contributed by atoms with Crippen LogP contribution in [0.2, 0.25) is 0 Å². The van der Waals surface area contributed by atoms with Crippen molar-refractivity contribution in [2.45, 2.75) is 19.3 Å². The lowest BCUT2D eigenvalue weighted by Crippen LogP contribution is -2.14. The third kappa shape index (κ3) is 2.61. The molecular weight excluding hydrogens is 216 g/mol. The molecule has 0 heterocycles. The van der Waals surface area contributed by atoms with Crippen molar-refractivity contribution in [2.24, 2.45) is 0 Å². The van der Waals surface area contributed by atoms with Gasteiger partial charge >= 0.3 is 5.97 Å². The average molecular weight is 230 g/mol. The number of ether oxygens (including phenoxy) is 1. The van der Waals surface area contributed by atoms with E-state index in [9.17, 15) is 9.59 Å². The second-order valence-electron chi connectivity index (χ2n) is 4.06. The Labute approximate surface area is 100 Å². The van der Waals surface area contributed by atoms with E-state index in [1.807, 2.05) is 18.2 Å². The van der Waals surface area contributed by atoms with Gasteiger partial charge in [-0.05, 0) is 29.2 Å². The van der Waals surface area contributed by atoms with Crippen molar-refractivity contribution in [3.05, 3.63) is 41.0 Å². The third-order valence-corrected chi connectivity index (χ3v) is 2.95. The van der Waals surface area contributed by atoms with Gasteiger partial charge in [-0.2, -0.15) is 0 Å². The van der Waals surface area contributed by atoms with E-state index in [-0.39, 0.29) is 11.8 Å². The van der Waals surface area contributed by atoms with Gasteiger partial charge in [-0.25, -0.2) is 4.79 Å². The Hall–Kier alpha value is -1.90. The molecule has 0 bridgehead atoms. The van der Waals surface area contributed by atoms with Gasteiger partial charge in [-0.3, -0.25) is 4.79 Å². The molecule has 0 aromatic heterocycles. The lowest BCUT2D eigenvalue weighted by atomic mass is 9.87. The number of rotatable bonds is 2. The van der Waals surface area contributed by atoms with Crippen LogP contribution >= 0.6 is 0 Å². The molecule has 0 radical (unpaired) electrons. The first kappa shape index (κ1) is 11.6. The van der Waals surface area contributed by atoms with Crippen molar-refractivity contribution in [3.8, 4) is 0 Å². The molecule has 1 aliphatic rings. The Kier molecular flexibility index (Phi) is 3.38. The summed E-state index contributed by atoms with van der Waals surface area (Å²) in [4.78, 5) is 22.4. The molecule has 0 fully saturated rings. The van der Waals surface area contributed by atoms with Crippen molar-refractivity contribution in [2.75, 3.05) is 7.11 Å². The molecule has 0 unspecified atom stereocenters. The Morgan fingerprint density at radius 1 is 1.35 bits per heavy atom. The number of esters is 1. The van der Waals surface area contributed by atoms with Gasteiger partial charge in [0.15, 0.2) is 0 Å². The monoisotopic (exact) mass is 230 g/mol. The summed E-state index contributed by atoms with van der Waals surface area (Å²) >= 11 is 0. The van der Waals surface area contributed by atoms with E-state index in [2.05, 4.69) is 4.74 Å². The van der Waals surface area contributed by atoms with Gasteiger partial charge in [-0.15, -0.1) is 0 Å². The molecule has 88 valence electrons. The van der Waals surface area contributed by atoms with Crippen LogP contribution in [0.25, 0.3) is 6.08 Å². The topological polar surface area (TPSA) is 43.4 Å². The molecule has 1 aliphatic carbocycles. The standard InChI is InChI=1S/C14H14O3/c1-17-14(16)8-5-10-3-2-4-11-9-12(15)6-7-13(10)11/h2-5,8H,6-7,9H2,1H3/b8-5+. The maximum absolute atomic E-state index is 11.4. The summed E-state index contributed by atoms with van der Waals surface area (Å²) in [7, 11) is 1.35. The second-order valence-corrected chi connectivity index (χ2v) is 4.06. The Bertz CT molecular complexity index is 486. The summed E-state index contributed by atoms with van der Waals surface area (Å²) in [6, 6.07) is 5.84. The van der Waals surface area contributed by atoms with Gasteiger partial charge in [0.05, 0.1) is 7.11 Å². The molecule has 17 heavy (non-hydrogen) atoms. The zero-order chi connectivity index (χ0) is 12.3. The van der Waals surface area contributed by atoms with Crippen LogP contribution in [0.4, 0.5) is 0 Å². The van der Waals surface area contributed by atoms with E-state index in [0.717, 1.165) is 17.5 Å². The van der Waals surface area contributed by atoms with E-state index >= 15 is 0 Å². The normalized spacial score (nSPS) is 14.8. The van der Waals surface area contributed by atoms with E-state index in [0.29, 0.717) is 12.8 Å². The minimum atomic E-state index is -0.366. The Morgan fingerprint density at radius 3 is 2.94 bits per heavy atom. The van der Waals surface area contributed by atoms with Crippen LogP contribution in [0.15, 0.2) is 24.3 Å². The predicted molar refractivity (Wildman–Crippen MR) is 64.5 cm³/mol. The van der Waals surface area contributed by atoms with Crippen LogP contribution in [0.1, 0.15) is 23.1 Å². The molecule has 2 rings (SSSR count). The molecule has 0 amide bonds. The molecule has 3 heteroatoms. The third-order valence-electron chi connectivity index (χ3n) is 2.95. The summed E-state index contributed by atoms with van der Waals surface area (Å²) in [6.45, 7) is 0. The lowest BCUT2D eigenvalue weighted by Gasteiger charge is -2.16. The Balaban J connectivity index is 2.30. The van der Waals surface area contributed by atoms with Crippen LogP contribution in [0, 0.1) is 0 Å². The highest BCUT2D eigenvalue weighted by Gasteiger charge is 2.16. The molecule has 1 aromatic rings. The van der Waals surface area contributed by atoms with Gasteiger partial charge in [0.2, 0.25) is 0 Å². The molecule has 0 atom stereocenters. The zero-order valence-electron chi connectivity index (χ0n) is 9.73. The van der Waals surface area contributed by atoms with Crippen LogP contribution < -0.4 is 0 Å². The molecule has 0 saturated carbocycles. The number of carbonyl (C=O) groups is 2. The van der Waals surface area contributed by atoms with Crippen molar-refractivity contribution >= 4 is 17.8 Å². The minimum absolute atomic E-state index is 0.284. The smallest absolute Gasteiger partial charge is 0.330 e. The predicted octanol–water partition coefficient (Wildman–Crippen LogP) is 1.93. The first-order chi connectivity index (χ1) is 8.20. The van der Waals surface area contributed by atoms with Gasteiger partial charge in [0, 0.05) is 18.9 Å². The molecule has 0 N–H and O–H groups in total. The van der Waals surface area contributed by atoms with Gasteiger partial charge < -0.3 is 4.74 Å². The fourth-order valence-corrected chi connectivity index (χ4v) is 2.07. The maximum Gasteiger partial charge on any atom is 0.330 e. The Morgan fingerprint density at radius 2 is 2.18 bits per heavy atom. The maximum atomic E-state index is 11.4. The second kappa shape index (κ2) is 4.95. The molecule has 1 aromatic carbocycles. The highest BCUT2D eigenvalue weighted by Crippen LogP contribution is 2.23. The van der Waals surface area contributed by atoms with Crippen molar-refractivity contribution < 1.29 is 14.3 Å². The van der Waals surface area contributed by atoms with Crippen molar-refractivity contribution in [1.29, 1.82) is 0 Å². The first-order valence-electron chi connectivity index (χ1n) is 5.59. The van der Waals surface area contributed by atoms with Crippen LogP contribution in [0.5, 0.6) is 0 Å². The van der Waals surface area contributed by atoms with Crippen molar-refractivity contribution in [3.63, 3.8) is 0 Å². The fraction of sp³-hybridized carbons (Fsp3) is 0.286. The fourth-order valence-electron chi connectivity index (χ4n) is 2.07. The number of benzene rings is 1. The highest BCUT2D eigenvalue weighted by molar-refractivity contribution is 5.88. The number of carbonyl (C=O) groups excluding carboxylic acids is 2. The largest absolute Gasteiger partial charge is 0.466 e. The molecule has 0 saturated heterocycles. The molecule has 3 nitrogen and oxygen atoms in total. The van der Waals surface area contributed by atoms with E-state index in [1.54, 1.807) is 6.08 Å². The van der Waals surface area contributed by atoms with Gasteiger partial charge in [0.1, 0.15) is 5.78 Å². The van der Waals surface area contributed by atoms with Gasteiger partial charge in [0.25, 0.3) is 0 Å². The van der Waals surface area contributed by atoms with Gasteiger partial charge in [-0.1, -0.05) is 18.2 Å². The average Bonchev–Trinajstić information content (AvgIpc) is 2.35. The molecule has 0 aliphatic heterocycles. The number of ketones is 1. The molecular formula is C14H14O3. The molecule has 0 spiro atoms. The number of fused-ring (bicyclic) bond motifs is 1. The number of methoxy groups -OCH3 is 1. The summed E-state index contributed by atoms with van der Waals surface area (Å²) in [5.74, 6) is -0.0823. The van der Waals surface area contributed by atoms with Crippen LogP contribution in [-0.4, -0.2) is 18.9 Å². The van der Waals surface area contributed by atoms with E-state index < -0.39 is 0 Å². The summed E-state index contributed by atoms with van der Waals surface area (Å²) in [5.41, 5.74) is 3.25. The number of Topliss-reactive ketones (excluding diaryl/α,β-unsaturated/α-hetero) is 1. The van der Waals surface area contributed by atoms with Crippen LogP contribution in [-0.2, 0) is 27.2 Å². The first-order valence-corrected chi connectivity index (χ1v) is 5.59. The summed E-state index contributed by atoms with van der Waals surface area (Å²) in [5, 5.41) is 0. The van der Waals surface area contributed by atoms with Crippen LogP contribution in [0.3, 0.4) is 0 Å². The minimum Gasteiger partial charge on any atom is -0.466 e. The summed E-state index contributed by atoms with van der Waals surface area (Å²) in [6.07, 6.45) is 5.02. The highest BCUT2D eigenvalue weighted by atomic mass is 16.5. The van der Waals surface area contributed by atoms with Crippen molar-refractivity contribution in [1.82, 2.24) is 0 Å². The lowest BCUT2D eigenvalue weighted by molar-refractivity contribution is -0.134. The quantitative estimate of drug-likeness (QED) is 0.576. The van der Waals surface area contributed by atoms with E-state index in [1.165, 1.54) is 18.7 Å². The number of hydrogen-bond acceptors (Lipinski definition) is 3. The zero-order valence-corrected chi connectivity index (χ0v) is 9.73. The van der Waals surface area contributed by atoms with E-state index in [4.69, 9.17) is 0 Å². The number of hydrogen-bond donors (Lipinski definition) is 0.